The van der Waals surface area contributed by atoms with Gasteiger partial charge >= 0.3 is 0 Å². The van der Waals surface area contributed by atoms with Gasteiger partial charge in [-0.2, -0.15) is 0 Å². The molecule has 0 aliphatic heterocycles. The fourth-order valence-electron chi connectivity index (χ4n) is 3.06. The van der Waals surface area contributed by atoms with E-state index in [1.165, 1.54) is 50.5 Å². The lowest BCUT2D eigenvalue weighted by Crippen LogP contribution is -2.43. The van der Waals surface area contributed by atoms with Gasteiger partial charge in [-0.15, -0.1) is 0 Å². The Morgan fingerprint density at radius 2 is 1.55 bits per heavy atom. The highest BCUT2D eigenvalue weighted by atomic mass is 14.9. The van der Waals surface area contributed by atoms with Gasteiger partial charge in [0.1, 0.15) is 0 Å². The van der Waals surface area contributed by atoms with Crippen LogP contribution in [0.15, 0.2) is 30.3 Å². The lowest BCUT2D eigenvalue weighted by atomic mass is 9.76. The summed E-state index contributed by atoms with van der Waals surface area (Å²) in [5.74, 6) is 0. The van der Waals surface area contributed by atoms with E-state index in [-0.39, 0.29) is 5.41 Å². The number of likely N-dealkylation sites (N-methyl/N-ethyl adjacent to an activating group) is 1. The fraction of sp³-hybridized carbons (Fsp3) is 0.684. The van der Waals surface area contributed by atoms with Crippen molar-refractivity contribution in [2.24, 2.45) is 0 Å². The smallest absolute Gasteiger partial charge is 0.0156 e. The van der Waals surface area contributed by atoms with E-state index >= 15 is 0 Å². The summed E-state index contributed by atoms with van der Waals surface area (Å²) in [6.07, 6.45) is 9.52. The highest BCUT2D eigenvalue weighted by Gasteiger charge is 2.29. The number of nitrogens with one attached hydrogen (secondary N) is 1. The quantitative estimate of drug-likeness (QED) is 0.571. The summed E-state index contributed by atoms with van der Waals surface area (Å²) < 4.78 is 0. The van der Waals surface area contributed by atoms with Crippen LogP contribution in [-0.2, 0) is 5.41 Å². The van der Waals surface area contributed by atoms with Gasteiger partial charge in [-0.1, -0.05) is 89.6 Å². The molecule has 1 N–H and O–H groups in total. The van der Waals surface area contributed by atoms with Crippen LogP contribution in [0.1, 0.15) is 71.3 Å². The Kier molecular flexibility index (Phi) is 7.91. The van der Waals surface area contributed by atoms with Crippen LogP contribution in [0, 0.1) is 0 Å². The molecule has 0 saturated carbocycles. The molecule has 0 aliphatic carbocycles. The molecule has 0 aliphatic rings. The third-order valence-electron chi connectivity index (χ3n) is 4.58. The van der Waals surface area contributed by atoms with Crippen molar-refractivity contribution in [3.05, 3.63) is 35.9 Å². The van der Waals surface area contributed by atoms with E-state index < -0.39 is 0 Å². The summed E-state index contributed by atoms with van der Waals surface area (Å²) in [6.45, 7) is 7.00. The van der Waals surface area contributed by atoms with Gasteiger partial charge in [0, 0.05) is 11.5 Å². The molecule has 1 atom stereocenters. The highest BCUT2D eigenvalue weighted by Crippen LogP contribution is 2.29. The normalized spacial score (nSPS) is 13.4. The zero-order valence-electron chi connectivity index (χ0n) is 13.9. The van der Waals surface area contributed by atoms with E-state index in [4.69, 9.17) is 0 Å². The van der Waals surface area contributed by atoms with E-state index in [2.05, 4.69) is 63.5 Å². The molecule has 0 fully saturated rings. The topological polar surface area (TPSA) is 12.0 Å². The number of unbranched alkanes of at least 4 members (excludes halogenated alkanes) is 5. The van der Waals surface area contributed by atoms with Crippen molar-refractivity contribution in [1.82, 2.24) is 5.32 Å². The molecule has 1 rings (SSSR count). The van der Waals surface area contributed by atoms with Gasteiger partial charge in [0.2, 0.25) is 0 Å². The molecule has 0 saturated heterocycles. The Bertz CT molecular complexity index is 342. The van der Waals surface area contributed by atoms with Crippen molar-refractivity contribution in [2.45, 2.75) is 77.2 Å². The van der Waals surface area contributed by atoms with Gasteiger partial charge in [-0.05, 0) is 19.0 Å². The first-order chi connectivity index (χ1) is 9.62. The SMILES string of the molecule is CCCCCCCCC(NC)C(C)(C)c1ccccc1. The van der Waals surface area contributed by atoms with Crippen molar-refractivity contribution in [3.8, 4) is 0 Å². The van der Waals surface area contributed by atoms with E-state index in [1.54, 1.807) is 0 Å². The predicted molar refractivity (Wildman–Crippen MR) is 90.3 cm³/mol. The van der Waals surface area contributed by atoms with Crippen LogP contribution in [0.3, 0.4) is 0 Å². The van der Waals surface area contributed by atoms with Gasteiger partial charge in [0.25, 0.3) is 0 Å². The Morgan fingerprint density at radius 1 is 0.950 bits per heavy atom. The van der Waals surface area contributed by atoms with Crippen molar-refractivity contribution >= 4 is 0 Å². The van der Waals surface area contributed by atoms with E-state index in [9.17, 15) is 0 Å². The molecule has 114 valence electrons. The van der Waals surface area contributed by atoms with E-state index in [0.717, 1.165) is 0 Å². The van der Waals surface area contributed by atoms with Crippen molar-refractivity contribution in [2.75, 3.05) is 7.05 Å². The van der Waals surface area contributed by atoms with Gasteiger partial charge in [0.05, 0.1) is 0 Å². The summed E-state index contributed by atoms with van der Waals surface area (Å²) in [6, 6.07) is 11.5. The lowest BCUT2D eigenvalue weighted by Gasteiger charge is -2.35. The zero-order chi connectivity index (χ0) is 14.8. The monoisotopic (exact) mass is 275 g/mol. The molecule has 1 aromatic carbocycles. The molecular weight excluding hydrogens is 242 g/mol. The lowest BCUT2D eigenvalue weighted by molar-refractivity contribution is 0.330. The molecule has 1 aromatic rings. The minimum atomic E-state index is 0.194. The molecule has 20 heavy (non-hydrogen) atoms. The van der Waals surface area contributed by atoms with Crippen LogP contribution in [0.2, 0.25) is 0 Å². The molecular formula is C19H33N. The first-order valence-corrected chi connectivity index (χ1v) is 8.35. The summed E-state index contributed by atoms with van der Waals surface area (Å²) in [5.41, 5.74) is 1.63. The van der Waals surface area contributed by atoms with Gasteiger partial charge in [-0.3, -0.25) is 0 Å². The Balaban J connectivity index is 2.44. The first-order valence-electron chi connectivity index (χ1n) is 8.35. The average Bonchev–Trinajstić information content (AvgIpc) is 2.47. The van der Waals surface area contributed by atoms with Crippen LogP contribution in [0.25, 0.3) is 0 Å². The summed E-state index contributed by atoms with van der Waals surface area (Å²) >= 11 is 0. The standard InChI is InChI=1S/C19H33N/c1-5-6-7-8-9-13-16-18(20-4)19(2,3)17-14-11-10-12-15-17/h10-12,14-15,18,20H,5-9,13,16H2,1-4H3. The first kappa shape index (κ1) is 17.2. The number of hydrogen-bond acceptors (Lipinski definition) is 1. The molecule has 0 aromatic heterocycles. The third kappa shape index (κ3) is 5.28. The van der Waals surface area contributed by atoms with E-state index in [1.807, 2.05) is 0 Å². The maximum Gasteiger partial charge on any atom is 0.0156 e. The fourth-order valence-corrected chi connectivity index (χ4v) is 3.06. The molecule has 1 unspecified atom stereocenters. The minimum absolute atomic E-state index is 0.194. The van der Waals surface area contributed by atoms with Gasteiger partial charge in [-0.25, -0.2) is 0 Å². The van der Waals surface area contributed by atoms with Crippen LogP contribution >= 0.6 is 0 Å². The predicted octanol–water partition coefficient (Wildman–Crippen LogP) is 5.30. The number of rotatable bonds is 10. The molecule has 0 spiro atoms. The Morgan fingerprint density at radius 3 is 2.15 bits per heavy atom. The molecule has 0 bridgehead atoms. The summed E-state index contributed by atoms with van der Waals surface area (Å²) in [4.78, 5) is 0. The Labute approximate surface area is 126 Å². The van der Waals surface area contributed by atoms with Crippen LogP contribution in [0.4, 0.5) is 0 Å². The minimum Gasteiger partial charge on any atom is -0.316 e. The number of benzene rings is 1. The Hall–Kier alpha value is -0.820. The molecule has 0 amide bonds. The maximum atomic E-state index is 3.54. The molecule has 0 heterocycles. The van der Waals surface area contributed by atoms with Gasteiger partial charge < -0.3 is 5.32 Å². The van der Waals surface area contributed by atoms with Crippen LogP contribution in [0.5, 0.6) is 0 Å². The van der Waals surface area contributed by atoms with Crippen molar-refractivity contribution in [1.29, 1.82) is 0 Å². The van der Waals surface area contributed by atoms with Crippen molar-refractivity contribution in [3.63, 3.8) is 0 Å². The number of hydrogen-bond donors (Lipinski definition) is 1. The highest BCUT2D eigenvalue weighted by molar-refractivity contribution is 5.25. The second-order valence-electron chi connectivity index (χ2n) is 6.49. The largest absolute Gasteiger partial charge is 0.316 e. The van der Waals surface area contributed by atoms with E-state index in [0.29, 0.717) is 6.04 Å². The molecule has 1 nitrogen and oxygen atoms in total. The van der Waals surface area contributed by atoms with Crippen molar-refractivity contribution < 1.29 is 0 Å². The van der Waals surface area contributed by atoms with Crippen LogP contribution in [-0.4, -0.2) is 13.1 Å². The maximum absolute atomic E-state index is 3.54. The molecule has 1 heteroatoms. The van der Waals surface area contributed by atoms with Crippen LogP contribution < -0.4 is 5.32 Å². The summed E-state index contributed by atoms with van der Waals surface area (Å²) in [5, 5.41) is 3.54. The average molecular weight is 275 g/mol. The summed E-state index contributed by atoms with van der Waals surface area (Å²) in [7, 11) is 2.10. The molecule has 0 radical (unpaired) electrons. The second-order valence-corrected chi connectivity index (χ2v) is 6.49. The van der Waals surface area contributed by atoms with Gasteiger partial charge in [0.15, 0.2) is 0 Å². The third-order valence-corrected chi connectivity index (χ3v) is 4.58. The zero-order valence-corrected chi connectivity index (χ0v) is 13.9. The second kappa shape index (κ2) is 9.18.